The number of nitrogens with one attached hydrogen (secondary N) is 3. The molecule has 1 aromatic carbocycles. The normalized spacial score (nSPS) is 20.7. The fraction of sp³-hybridized carbons (Fsp3) is 0.571. The summed E-state index contributed by atoms with van der Waals surface area (Å²) in [6, 6.07) is 8.27. The van der Waals surface area contributed by atoms with Gasteiger partial charge in [-0.15, -0.1) is 0 Å². The smallest absolute Gasteiger partial charge is 0.245 e. The maximum atomic E-state index is 13.3. The van der Waals surface area contributed by atoms with E-state index in [9.17, 15) is 22.8 Å². The predicted molar refractivity (Wildman–Crippen MR) is 156 cm³/mol. The van der Waals surface area contributed by atoms with E-state index in [4.69, 9.17) is 0 Å². The molecule has 4 rings (SSSR count). The number of anilines is 1. The molecule has 4 atom stereocenters. The van der Waals surface area contributed by atoms with E-state index in [1.54, 1.807) is 18.9 Å². The number of hydrogen-bond acceptors (Lipinski definition) is 7. The Labute approximate surface area is 237 Å². The number of hydrogen-bond donors (Lipinski definition) is 3. The van der Waals surface area contributed by atoms with Crippen LogP contribution < -0.4 is 16.0 Å². The van der Waals surface area contributed by atoms with Crippen LogP contribution in [0.3, 0.4) is 0 Å². The number of aromatic nitrogens is 1. The van der Waals surface area contributed by atoms with Gasteiger partial charge in [0.05, 0.1) is 23.5 Å². The fourth-order valence-electron chi connectivity index (χ4n) is 5.34. The molecule has 40 heavy (non-hydrogen) atoms. The van der Waals surface area contributed by atoms with Crippen LogP contribution >= 0.6 is 0 Å². The Morgan fingerprint density at radius 2 is 1.77 bits per heavy atom. The molecule has 3 unspecified atom stereocenters. The highest BCUT2D eigenvalue weighted by molar-refractivity contribution is 7.88. The number of carbonyl (C=O) groups is 3. The minimum absolute atomic E-state index is 0.110. The van der Waals surface area contributed by atoms with Crippen molar-refractivity contribution in [3.05, 3.63) is 36.0 Å². The molecule has 3 amide bonds. The van der Waals surface area contributed by atoms with Gasteiger partial charge in [0.15, 0.2) is 0 Å². The van der Waals surface area contributed by atoms with Gasteiger partial charge in [-0.3, -0.25) is 19.4 Å². The molecule has 0 aliphatic carbocycles. The lowest BCUT2D eigenvalue weighted by Crippen LogP contribution is -2.58. The van der Waals surface area contributed by atoms with E-state index >= 15 is 0 Å². The number of para-hydroxylation sites is 1. The molecule has 220 valence electrons. The lowest BCUT2D eigenvalue weighted by atomic mass is 9.85. The zero-order chi connectivity index (χ0) is 29.8. The average Bonchev–Trinajstić information content (AvgIpc) is 3.48. The molecule has 12 heteroatoms. The van der Waals surface area contributed by atoms with Crippen molar-refractivity contribution >= 4 is 44.8 Å². The maximum Gasteiger partial charge on any atom is 0.245 e. The van der Waals surface area contributed by atoms with Gasteiger partial charge in [-0.1, -0.05) is 39.0 Å². The van der Waals surface area contributed by atoms with Gasteiger partial charge < -0.3 is 20.9 Å². The number of carbonyl (C=O) groups excluding carboxylic acids is 3. The third-order valence-electron chi connectivity index (χ3n) is 7.52. The molecule has 11 nitrogen and oxygen atoms in total. The zero-order valence-electron chi connectivity index (χ0n) is 24.4. The quantitative estimate of drug-likeness (QED) is 0.429. The number of sulfonamides is 1. The fourth-order valence-corrected chi connectivity index (χ4v) is 6.51. The molecule has 2 saturated heterocycles. The Kier molecular flexibility index (Phi) is 9.91. The summed E-state index contributed by atoms with van der Waals surface area (Å²) >= 11 is 0. The number of fused-ring (bicyclic) bond motifs is 2. The minimum atomic E-state index is -3.27. The number of likely N-dealkylation sites (N-methyl/N-ethyl adjacent to an activating group) is 1. The average molecular weight is 575 g/mol. The number of pyridine rings is 1. The summed E-state index contributed by atoms with van der Waals surface area (Å²) in [6.45, 7) is 10.4. The van der Waals surface area contributed by atoms with E-state index in [1.165, 1.54) is 10.6 Å². The lowest BCUT2D eigenvalue weighted by molar-refractivity contribution is -0.140. The summed E-state index contributed by atoms with van der Waals surface area (Å²) in [5.41, 5.74) is 2.15. The van der Waals surface area contributed by atoms with Gasteiger partial charge in [-0.2, -0.15) is 4.31 Å². The van der Waals surface area contributed by atoms with Crippen LogP contribution in [-0.2, 0) is 24.4 Å². The number of benzene rings is 1. The molecular formula is C28H42N6O5S. The first-order chi connectivity index (χ1) is 18.7. The second kappa shape index (κ2) is 12.6. The Bertz CT molecular complexity index is 1340. The van der Waals surface area contributed by atoms with E-state index in [-0.39, 0.29) is 23.9 Å². The predicted octanol–water partition coefficient (Wildman–Crippen LogP) is 1.87. The van der Waals surface area contributed by atoms with Crippen LogP contribution in [0, 0.1) is 12.3 Å². The molecule has 2 aliphatic heterocycles. The molecule has 0 spiro atoms. The number of nitrogens with zero attached hydrogens (tertiary/aromatic N) is 3. The SMILES string of the molecule is CN[C@@H](C)C(=O)NC(C(=O)N1CCC2C1CCN2S(C)(=O)=O)C(C)(C)C.Cc1cc(NC=O)c2ccccc2n1. The monoisotopic (exact) mass is 574 g/mol. The van der Waals surface area contributed by atoms with Crippen molar-refractivity contribution in [2.45, 2.75) is 71.6 Å². The van der Waals surface area contributed by atoms with Crippen LogP contribution in [0.1, 0.15) is 46.2 Å². The van der Waals surface area contributed by atoms with E-state index in [1.807, 2.05) is 58.0 Å². The summed E-state index contributed by atoms with van der Waals surface area (Å²) in [6.07, 6.45) is 3.18. The van der Waals surface area contributed by atoms with Crippen molar-refractivity contribution < 1.29 is 22.8 Å². The standard InChI is InChI=1S/C17H32N4O4S.C11H10N2O/c1-11(18-5)15(22)19-14(17(2,3)4)16(23)20-9-7-13-12(20)8-10-21(13)26(6,24)25;1-8-6-11(12-7-14)9-4-2-3-5-10(9)13-8/h11-14,18H,7-10H2,1-6H3,(H,19,22);2-7H,1H3,(H,12,13,14)/t11-,12?,13?,14?;/m0./s1. The molecular weight excluding hydrogens is 532 g/mol. The molecule has 3 N–H and O–H groups in total. The molecule has 1 aromatic heterocycles. The van der Waals surface area contributed by atoms with Gasteiger partial charge in [0.1, 0.15) is 6.04 Å². The van der Waals surface area contributed by atoms with E-state index in [0.717, 1.165) is 22.3 Å². The molecule has 2 aliphatic rings. The van der Waals surface area contributed by atoms with Gasteiger partial charge in [0, 0.05) is 36.3 Å². The van der Waals surface area contributed by atoms with Crippen molar-refractivity contribution in [3.63, 3.8) is 0 Å². The van der Waals surface area contributed by atoms with E-state index in [0.29, 0.717) is 32.3 Å². The van der Waals surface area contributed by atoms with Crippen molar-refractivity contribution in [2.24, 2.45) is 5.41 Å². The first-order valence-electron chi connectivity index (χ1n) is 13.5. The summed E-state index contributed by atoms with van der Waals surface area (Å²) in [4.78, 5) is 42.1. The van der Waals surface area contributed by atoms with Crippen molar-refractivity contribution in [3.8, 4) is 0 Å². The van der Waals surface area contributed by atoms with Gasteiger partial charge in [0.2, 0.25) is 28.2 Å². The van der Waals surface area contributed by atoms with Crippen LogP contribution in [0.2, 0.25) is 0 Å². The largest absolute Gasteiger partial charge is 0.342 e. The van der Waals surface area contributed by atoms with Crippen molar-refractivity contribution in [1.82, 2.24) is 24.8 Å². The third kappa shape index (κ3) is 7.15. The van der Waals surface area contributed by atoms with Crippen LogP contribution in [0.4, 0.5) is 5.69 Å². The van der Waals surface area contributed by atoms with Crippen LogP contribution in [-0.4, -0.2) is 91.4 Å². The highest BCUT2D eigenvalue weighted by Gasteiger charge is 2.49. The maximum absolute atomic E-state index is 13.3. The summed E-state index contributed by atoms with van der Waals surface area (Å²) in [5, 5.41) is 9.39. The molecule has 2 fully saturated rings. The molecule has 0 bridgehead atoms. The van der Waals surface area contributed by atoms with Gasteiger partial charge in [-0.05, 0) is 51.3 Å². The first kappa shape index (κ1) is 31.4. The zero-order valence-corrected chi connectivity index (χ0v) is 25.2. The Hall–Kier alpha value is -3.09. The Balaban J connectivity index is 0.000000263. The minimum Gasteiger partial charge on any atom is -0.342 e. The second-order valence-electron chi connectivity index (χ2n) is 11.5. The van der Waals surface area contributed by atoms with Crippen LogP contribution in [0.15, 0.2) is 30.3 Å². The molecule has 2 aromatic rings. The summed E-state index contributed by atoms with van der Waals surface area (Å²) in [5.74, 6) is -0.349. The van der Waals surface area contributed by atoms with E-state index < -0.39 is 27.5 Å². The number of amides is 3. The van der Waals surface area contributed by atoms with E-state index in [2.05, 4.69) is 20.9 Å². The summed E-state index contributed by atoms with van der Waals surface area (Å²) in [7, 11) is -1.57. The Morgan fingerprint density at radius 1 is 1.12 bits per heavy atom. The molecule has 3 heterocycles. The number of aryl methyl sites for hydroxylation is 1. The van der Waals surface area contributed by atoms with Gasteiger partial charge in [-0.25, -0.2) is 8.42 Å². The Morgan fingerprint density at radius 3 is 2.38 bits per heavy atom. The van der Waals surface area contributed by atoms with Gasteiger partial charge >= 0.3 is 0 Å². The van der Waals surface area contributed by atoms with Crippen molar-refractivity contribution in [1.29, 1.82) is 0 Å². The molecule has 0 radical (unpaired) electrons. The highest BCUT2D eigenvalue weighted by Crippen LogP contribution is 2.35. The second-order valence-corrected chi connectivity index (χ2v) is 13.5. The summed E-state index contributed by atoms with van der Waals surface area (Å²) < 4.78 is 25.4. The highest BCUT2D eigenvalue weighted by atomic mass is 32.2. The third-order valence-corrected chi connectivity index (χ3v) is 8.82. The number of rotatable bonds is 7. The molecule has 0 saturated carbocycles. The van der Waals surface area contributed by atoms with Gasteiger partial charge in [0.25, 0.3) is 0 Å². The topological polar surface area (TPSA) is 141 Å². The van der Waals surface area contributed by atoms with Crippen molar-refractivity contribution in [2.75, 3.05) is 31.7 Å². The van der Waals surface area contributed by atoms with Crippen LogP contribution in [0.25, 0.3) is 10.9 Å². The number of likely N-dealkylation sites (tertiary alicyclic amines) is 1. The first-order valence-corrected chi connectivity index (χ1v) is 15.4. The lowest BCUT2D eigenvalue weighted by Gasteiger charge is -2.36. The van der Waals surface area contributed by atoms with Crippen LogP contribution in [0.5, 0.6) is 0 Å².